The molecule has 0 aliphatic rings. The third kappa shape index (κ3) is 6.06. The first kappa shape index (κ1) is 24.6. The van der Waals surface area contributed by atoms with Crippen LogP contribution in [0.25, 0.3) is 6.08 Å². The van der Waals surface area contributed by atoms with Crippen LogP contribution in [0, 0.1) is 28.7 Å². The van der Waals surface area contributed by atoms with Crippen molar-refractivity contribution in [2.45, 2.75) is 20.5 Å². The van der Waals surface area contributed by atoms with E-state index in [2.05, 4.69) is 27.9 Å². The minimum absolute atomic E-state index is 0.0549. The van der Waals surface area contributed by atoms with Crippen LogP contribution in [0.2, 0.25) is 5.02 Å². The van der Waals surface area contributed by atoms with Crippen LogP contribution in [0.15, 0.2) is 60.2 Å². The lowest BCUT2D eigenvalue weighted by atomic mass is 10.1. The molecule has 0 aromatic heterocycles. The monoisotopic (exact) mass is 572 g/mol. The predicted molar refractivity (Wildman–Crippen MR) is 140 cm³/mol. The molecule has 1 N–H and O–H groups in total. The SMILES string of the molecule is COc1cc(/C=C(\C#N)C(=O)Nc2c(C)cccc2Cl)cc(I)c1OCc1ccccc1C. The lowest BCUT2D eigenvalue weighted by molar-refractivity contribution is -0.112. The molecule has 0 fully saturated rings. The third-order valence-electron chi connectivity index (χ3n) is 5.02. The van der Waals surface area contributed by atoms with E-state index in [0.29, 0.717) is 34.4 Å². The van der Waals surface area contributed by atoms with Crippen LogP contribution in [0.4, 0.5) is 5.69 Å². The summed E-state index contributed by atoms with van der Waals surface area (Å²) in [4.78, 5) is 12.7. The minimum atomic E-state index is -0.539. The summed E-state index contributed by atoms with van der Waals surface area (Å²) in [5.41, 5.74) is 4.10. The summed E-state index contributed by atoms with van der Waals surface area (Å²) < 4.78 is 12.4. The van der Waals surface area contributed by atoms with Crippen molar-refractivity contribution >= 4 is 51.9 Å². The van der Waals surface area contributed by atoms with Gasteiger partial charge >= 0.3 is 0 Å². The van der Waals surface area contributed by atoms with Crippen LogP contribution in [0.5, 0.6) is 11.5 Å². The summed E-state index contributed by atoms with van der Waals surface area (Å²) >= 11 is 8.35. The smallest absolute Gasteiger partial charge is 0.266 e. The quantitative estimate of drug-likeness (QED) is 0.194. The van der Waals surface area contributed by atoms with Crippen molar-refractivity contribution in [3.05, 3.63) is 91.0 Å². The number of nitrogens with zero attached hydrogens (tertiary/aromatic N) is 1. The fraction of sp³-hybridized carbons (Fsp3) is 0.154. The lowest BCUT2D eigenvalue weighted by Gasteiger charge is -2.15. The summed E-state index contributed by atoms with van der Waals surface area (Å²) in [5, 5.41) is 12.7. The third-order valence-corrected chi connectivity index (χ3v) is 6.14. The van der Waals surface area contributed by atoms with Gasteiger partial charge in [-0.2, -0.15) is 5.26 Å². The Bertz CT molecular complexity index is 1240. The molecular weight excluding hydrogens is 551 g/mol. The largest absolute Gasteiger partial charge is 0.493 e. The number of ether oxygens (including phenoxy) is 2. The Kier molecular flexibility index (Phi) is 8.37. The molecule has 0 spiro atoms. The van der Waals surface area contributed by atoms with Gasteiger partial charge in [-0.15, -0.1) is 0 Å². The zero-order valence-electron chi connectivity index (χ0n) is 18.4. The number of hydrogen-bond donors (Lipinski definition) is 1. The number of methoxy groups -OCH3 is 1. The van der Waals surface area contributed by atoms with Gasteiger partial charge in [0, 0.05) is 0 Å². The molecule has 0 saturated heterocycles. The minimum Gasteiger partial charge on any atom is -0.493 e. The first-order valence-corrected chi connectivity index (χ1v) is 11.5. The topological polar surface area (TPSA) is 71.3 Å². The van der Waals surface area contributed by atoms with Gasteiger partial charge in [-0.05, 0) is 83.0 Å². The Hall–Kier alpha value is -3.02. The molecule has 3 aromatic rings. The molecular formula is C26H22ClIN2O3. The van der Waals surface area contributed by atoms with Gasteiger partial charge in [0.1, 0.15) is 18.2 Å². The number of halogens is 2. The standard InChI is InChI=1S/C26H22ClIN2O3/c1-16-7-4-5-9-19(16)15-33-25-22(28)12-18(13-23(25)32-3)11-20(14-29)26(31)30-24-17(2)8-6-10-21(24)27/h4-13H,15H2,1-3H3,(H,30,31)/b20-11+. The average molecular weight is 573 g/mol. The summed E-state index contributed by atoms with van der Waals surface area (Å²) in [6, 6.07) is 18.9. The highest BCUT2D eigenvalue weighted by Crippen LogP contribution is 2.35. The molecule has 0 heterocycles. The number of nitrogens with one attached hydrogen (secondary N) is 1. The van der Waals surface area contributed by atoms with Crippen molar-refractivity contribution < 1.29 is 14.3 Å². The predicted octanol–water partition coefficient (Wildman–Crippen LogP) is 6.69. The Balaban J connectivity index is 1.86. The zero-order valence-corrected chi connectivity index (χ0v) is 21.3. The number of carbonyl (C=O) groups excluding carboxylic acids is 1. The number of rotatable bonds is 7. The first-order chi connectivity index (χ1) is 15.8. The number of aryl methyl sites for hydroxylation is 2. The maximum absolute atomic E-state index is 12.7. The van der Waals surface area contributed by atoms with Crippen molar-refractivity contribution in [1.82, 2.24) is 0 Å². The van der Waals surface area contributed by atoms with E-state index in [1.807, 2.05) is 56.3 Å². The maximum atomic E-state index is 12.7. The number of carbonyl (C=O) groups is 1. The first-order valence-electron chi connectivity index (χ1n) is 10.1. The van der Waals surface area contributed by atoms with Gasteiger partial charge in [0.25, 0.3) is 5.91 Å². The molecule has 0 unspecified atom stereocenters. The second-order valence-electron chi connectivity index (χ2n) is 7.30. The fourth-order valence-electron chi connectivity index (χ4n) is 3.17. The van der Waals surface area contributed by atoms with E-state index in [1.165, 1.54) is 6.08 Å². The Morgan fingerprint density at radius 3 is 2.55 bits per heavy atom. The normalized spacial score (nSPS) is 11.0. The number of hydrogen-bond acceptors (Lipinski definition) is 4. The van der Waals surface area contributed by atoms with Crippen molar-refractivity contribution in [3.8, 4) is 17.6 Å². The van der Waals surface area contributed by atoms with Gasteiger partial charge < -0.3 is 14.8 Å². The number of para-hydroxylation sites is 1. The van der Waals surface area contributed by atoms with E-state index in [9.17, 15) is 10.1 Å². The molecule has 5 nitrogen and oxygen atoms in total. The van der Waals surface area contributed by atoms with Crippen LogP contribution in [0.3, 0.4) is 0 Å². The van der Waals surface area contributed by atoms with Crippen molar-refractivity contribution in [3.63, 3.8) is 0 Å². The van der Waals surface area contributed by atoms with Gasteiger partial charge in [0.05, 0.1) is 21.4 Å². The molecule has 0 saturated carbocycles. The van der Waals surface area contributed by atoms with Crippen LogP contribution in [0.1, 0.15) is 22.3 Å². The van der Waals surface area contributed by atoms with E-state index in [1.54, 1.807) is 25.3 Å². The summed E-state index contributed by atoms with van der Waals surface area (Å²) in [6.07, 6.45) is 1.51. The van der Waals surface area contributed by atoms with E-state index >= 15 is 0 Å². The average Bonchev–Trinajstić information content (AvgIpc) is 2.79. The highest BCUT2D eigenvalue weighted by molar-refractivity contribution is 14.1. The molecule has 0 aliphatic heterocycles. The van der Waals surface area contributed by atoms with Gasteiger partial charge in [0.2, 0.25) is 0 Å². The van der Waals surface area contributed by atoms with Crippen LogP contribution >= 0.6 is 34.2 Å². The number of nitriles is 1. The molecule has 33 heavy (non-hydrogen) atoms. The highest BCUT2D eigenvalue weighted by atomic mass is 127. The molecule has 0 bridgehead atoms. The zero-order chi connectivity index (χ0) is 24.0. The van der Waals surface area contributed by atoms with Gasteiger partial charge in [-0.1, -0.05) is 48.0 Å². The fourth-order valence-corrected chi connectivity index (χ4v) is 4.22. The van der Waals surface area contributed by atoms with Crippen molar-refractivity contribution in [2.75, 3.05) is 12.4 Å². The van der Waals surface area contributed by atoms with E-state index in [4.69, 9.17) is 21.1 Å². The highest BCUT2D eigenvalue weighted by Gasteiger charge is 2.16. The van der Waals surface area contributed by atoms with E-state index in [0.717, 1.165) is 20.3 Å². The molecule has 3 rings (SSSR count). The van der Waals surface area contributed by atoms with E-state index in [-0.39, 0.29) is 5.57 Å². The Labute approximate surface area is 212 Å². The summed E-state index contributed by atoms with van der Waals surface area (Å²) in [6.45, 7) is 4.27. The van der Waals surface area contributed by atoms with Crippen LogP contribution < -0.4 is 14.8 Å². The molecule has 1 amide bonds. The van der Waals surface area contributed by atoms with Gasteiger partial charge in [-0.25, -0.2) is 0 Å². The maximum Gasteiger partial charge on any atom is 0.266 e. The van der Waals surface area contributed by atoms with Crippen molar-refractivity contribution in [1.29, 1.82) is 5.26 Å². The molecule has 0 atom stereocenters. The molecule has 0 radical (unpaired) electrons. The Morgan fingerprint density at radius 2 is 1.88 bits per heavy atom. The number of anilines is 1. The molecule has 168 valence electrons. The summed E-state index contributed by atoms with van der Waals surface area (Å²) in [7, 11) is 1.55. The van der Waals surface area contributed by atoms with Crippen LogP contribution in [-0.4, -0.2) is 13.0 Å². The molecule has 0 aliphatic carbocycles. The summed E-state index contributed by atoms with van der Waals surface area (Å²) in [5.74, 6) is 0.581. The van der Waals surface area contributed by atoms with Crippen molar-refractivity contribution in [2.24, 2.45) is 0 Å². The van der Waals surface area contributed by atoms with Gasteiger partial charge in [0.15, 0.2) is 11.5 Å². The van der Waals surface area contributed by atoms with Crippen LogP contribution in [-0.2, 0) is 11.4 Å². The lowest BCUT2D eigenvalue weighted by Crippen LogP contribution is -2.14. The Morgan fingerprint density at radius 1 is 1.15 bits per heavy atom. The number of benzene rings is 3. The second-order valence-corrected chi connectivity index (χ2v) is 8.87. The van der Waals surface area contributed by atoms with E-state index < -0.39 is 5.91 Å². The molecule has 3 aromatic carbocycles. The number of amides is 1. The second kappa shape index (κ2) is 11.2. The molecule has 7 heteroatoms. The van der Waals surface area contributed by atoms with Gasteiger partial charge in [-0.3, -0.25) is 4.79 Å².